The number of pyridine rings is 1. The van der Waals surface area contributed by atoms with E-state index in [-0.39, 0.29) is 29.9 Å². The lowest BCUT2D eigenvalue weighted by Gasteiger charge is -2.29. The smallest absolute Gasteiger partial charge is 0.420 e. The van der Waals surface area contributed by atoms with Crippen LogP contribution in [0.5, 0.6) is 0 Å². The molecule has 0 N–H and O–H groups in total. The molecule has 2 aliphatic rings. The first kappa shape index (κ1) is 30.1. The Bertz CT molecular complexity index is 1410. The first-order valence-corrected chi connectivity index (χ1v) is 15.3. The first-order valence-electron chi connectivity index (χ1n) is 14.0. The summed E-state index contributed by atoms with van der Waals surface area (Å²) in [6.45, 7) is 5.33. The lowest BCUT2D eigenvalue weighted by Crippen LogP contribution is -2.34. The quantitative estimate of drug-likeness (QED) is 0.255. The van der Waals surface area contributed by atoms with Crippen LogP contribution in [-0.2, 0) is 29.3 Å². The monoisotopic (exact) mass is 607 g/mol. The van der Waals surface area contributed by atoms with Crippen LogP contribution in [-0.4, -0.2) is 63.5 Å². The van der Waals surface area contributed by atoms with Gasteiger partial charge in [-0.15, -0.1) is 0 Å². The van der Waals surface area contributed by atoms with Crippen LogP contribution in [0.15, 0.2) is 47.0 Å². The second-order valence-electron chi connectivity index (χ2n) is 10.8. The molecule has 8 nitrogen and oxygen atoms in total. The van der Waals surface area contributed by atoms with E-state index in [1.807, 2.05) is 16.1 Å². The number of nitrogens with zero attached hydrogens (tertiary/aromatic N) is 5. The Balaban J connectivity index is 1.21. The Labute approximate surface area is 244 Å². The lowest BCUT2D eigenvalue weighted by atomic mass is 10.0. The van der Waals surface area contributed by atoms with E-state index < -0.39 is 34.4 Å². The van der Waals surface area contributed by atoms with Crippen molar-refractivity contribution in [1.82, 2.24) is 14.3 Å². The molecule has 5 rings (SSSR count). The normalized spacial score (nSPS) is 19.5. The number of hydrogen-bond acceptors (Lipinski definition) is 7. The van der Waals surface area contributed by atoms with Gasteiger partial charge in [0.1, 0.15) is 11.6 Å². The Morgan fingerprint density at radius 2 is 1.83 bits per heavy atom. The van der Waals surface area contributed by atoms with E-state index in [1.165, 1.54) is 12.3 Å². The fraction of sp³-hybridized carbons (Fsp3) is 0.483. The summed E-state index contributed by atoms with van der Waals surface area (Å²) in [6.07, 6.45) is -1.16. The van der Waals surface area contributed by atoms with Gasteiger partial charge in [-0.25, -0.2) is 17.9 Å². The molecular formula is C29H33F4N5O3S. The highest BCUT2D eigenvalue weighted by molar-refractivity contribution is 7.81. The number of aromatic nitrogens is 2. The second-order valence-corrected chi connectivity index (χ2v) is 12.3. The number of rotatable bonds is 8. The average molecular weight is 608 g/mol. The molecule has 0 bridgehead atoms. The van der Waals surface area contributed by atoms with Gasteiger partial charge < -0.3 is 14.2 Å². The Hall–Kier alpha value is -3.32. The SMILES string of the molecule is CC1CCCN(c2nc(C(F)(F)F)c(C(=O)Cc3ccc(N4CCCN(S(=O)Cc5ccccc5F)CC4)nc3)o2)C1. The third-order valence-corrected chi connectivity index (χ3v) is 9.04. The number of benzene rings is 1. The Kier molecular flexibility index (Phi) is 9.26. The van der Waals surface area contributed by atoms with E-state index in [0.717, 1.165) is 19.3 Å². The molecule has 42 heavy (non-hydrogen) atoms. The molecule has 2 aliphatic heterocycles. The number of halogens is 4. The van der Waals surface area contributed by atoms with Crippen LogP contribution < -0.4 is 9.80 Å². The van der Waals surface area contributed by atoms with E-state index in [4.69, 9.17) is 4.42 Å². The summed E-state index contributed by atoms with van der Waals surface area (Å²) in [4.78, 5) is 24.8. The van der Waals surface area contributed by atoms with Crippen LogP contribution in [0.25, 0.3) is 0 Å². The highest BCUT2D eigenvalue weighted by atomic mass is 32.2. The predicted molar refractivity (Wildman–Crippen MR) is 151 cm³/mol. The Morgan fingerprint density at radius 3 is 2.55 bits per heavy atom. The van der Waals surface area contributed by atoms with Crippen LogP contribution in [0.4, 0.5) is 29.4 Å². The fourth-order valence-electron chi connectivity index (χ4n) is 5.33. The van der Waals surface area contributed by atoms with Gasteiger partial charge in [0.25, 0.3) is 6.01 Å². The van der Waals surface area contributed by atoms with Gasteiger partial charge in [0.2, 0.25) is 11.5 Å². The molecule has 0 amide bonds. The van der Waals surface area contributed by atoms with Crippen molar-refractivity contribution in [2.75, 3.05) is 49.1 Å². The zero-order chi connectivity index (χ0) is 29.9. The minimum atomic E-state index is -4.82. The number of Topliss-reactive ketones (excluding diaryl/α,β-unsaturated/α-hetero) is 1. The highest BCUT2D eigenvalue weighted by Gasteiger charge is 2.42. The van der Waals surface area contributed by atoms with Crippen molar-refractivity contribution in [3.8, 4) is 0 Å². The van der Waals surface area contributed by atoms with Gasteiger partial charge in [0.05, 0.1) is 16.7 Å². The van der Waals surface area contributed by atoms with Gasteiger partial charge in [0.15, 0.2) is 5.69 Å². The Morgan fingerprint density at radius 1 is 1.05 bits per heavy atom. The van der Waals surface area contributed by atoms with Gasteiger partial charge in [-0.2, -0.15) is 18.2 Å². The number of oxazole rings is 1. The zero-order valence-electron chi connectivity index (χ0n) is 23.3. The maximum atomic E-state index is 14.0. The minimum absolute atomic E-state index is 0.105. The summed E-state index contributed by atoms with van der Waals surface area (Å²) in [5.41, 5.74) is -0.440. The molecule has 4 heterocycles. The molecule has 0 saturated carbocycles. The fourth-order valence-corrected chi connectivity index (χ4v) is 6.63. The first-order chi connectivity index (χ1) is 20.1. The number of ketones is 1. The largest absolute Gasteiger partial charge is 0.437 e. The summed E-state index contributed by atoms with van der Waals surface area (Å²) >= 11 is 0. The van der Waals surface area contributed by atoms with E-state index in [1.54, 1.807) is 35.2 Å². The molecule has 0 aliphatic carbocycles. The molecule has 2 atom stereocenters. The molecule has 0 spiro atoms. The van der Waals surface area contributed by atoms with E-state index in [9.17, 15) is 26.6 Å². The summed E-state index contributed by atoms with van der Waals surface area (Å²) in [5.74, 6) is -0.936. The minimum Gasteiger partial charge on any atom is -0.420 e. The van der Waals surface area contributed by atoms with Crippen molar-refractivity contribution < 1.29 is 31.0 Å². The zero-order valence-corrected chi connectivity index (χ0v) is 24.1. The third-order valence-electron chi connectivity index (χ3n) is 7.54. The van der Waals surface area contributed by atoms with E-state index in [2.05, 4.69) is 9.97 Å². The molecule has 13 heteroatoms. The second kappa shape index (κ2) is 12.9. The molecule has 2 saturated heterocycles. The van der Waals surface area contributed by atoms with Crippen LogP contribution >= 0.6 is 0 Å². The van der Waals surface area contributed by atoms with Gasteiger partial charge in [0, 0.05) is 57.4 Å². The predicted octanol–water partition coefficient (Wildman–Crippen LogP) is 5.27. The molecule has 2 aromatic heterocycles. The van der Waals surface area contributed by atoms with Crippen molar-refractivity contribution >= 4 is 28.6 Å². The van der Waals surface area contributed by atoms with Crippen LogP contribution in [0.3, 0.4) is 0 Å². The third kappa shape index (κ3) is 7.17. The number of alkyl halides is 3. The van der Waals surface area contributed by atoms with Crippen molar-refractivity contribution in [2.45, 2.75) is 44.5 Å². The topological polar surface area (TPSA) is 82.8 Å². The number of hydrogen-bond donors (Lipinski definition) is 0. The van der Waals surface area contributed by atoms with Crippen LogP contribution in [0, 0.1) is 11.7 Å². The van der Waals surface area contributed by atoms with Crippen molar-refractivity contribution in [2.24, 2.45) is 5.92 Å². The summed E-state index contributed by atoms with van der Waals surface area (Å²) in [6, 6.07) is 9.52. The molecule has 0 radical (unpaired) electrons. The van der Waals surface area contributed by atoms with E-state index in [0.29, 0.717) is 56.2 Å². The maximum Gasteiger partial charge on any atom is 0.437 e. The molecule has 2 fully saturated rings. The van der Waals surface area contributed by atoms with Gasteiger partial charge in [-0.1, -0.05) is 31.2 Å². The van der Waals surface area contributed by atoms with Crippen molar-refractivity contribution in [3.63, 3.8) is 0 Å². The number of piperidine rings is 1. The van der Waals surface area contributed by atoms with Gasteiger partial charge >= 0.3 is 6.18 Å². The summed E-state index contributed by atoms with van der Waals surface area (Å²) in [5, 5.41) is 0. The van der Waals surface area contributed by atoms with Crippen molar-refractivity contribution in [1.29, 1.82) is 0 Å². The van der Waals surface area contributed by atoms with Crippen LogP contribution in [0.2, 0.25) is 0 Å². The summed E-state index contributed by atoms with van der Waals surface area (Å²) in [7, 11) is -1.38. The lowest BCUT2D eigenvalue weighted by molar-refractivity contribution is -0.141. The molecule has 2 unspecified atom stereocenters. The molecule has 3 aromatic rings. The standard InChI is InChI=1S/C29H33F4N5O3S/c1-20-6-4-11-37(18-20)28-35-27(29(31,32)33)26(41-28)24(39)16-21-9-10-25(34-17-21)36-12-5-13-38(15-14-36)42(40)19-22-7-2-3-8-23(22)30/h2-3,7-10,17,20H,4-6,11-16,18-19H2,1H3. The van der Waals surface area contributed by atoms with Crippen molar-refractivity contribution in [3.05, 3.63) is 71.0 Å². The maximum absolute atomic E-state index is 14.0. The number of carbonyl (C=O) groups is 1. The molecule has 226 valence electrons. The van der Waals surface area contributed by atoms with Gasteiger partial charge in [-0.05, 0) is 42.9 Å². The molecule has 1 aromatic carbocycles. The highest BCUT2D eigenvalue weighted by Crippen LogP contribution is 2.35. The van der Waals surface area contributed by atoms with Gasteiger partial charge in [-0.3, -0.25) is 4.79 Å². The number of carbonyl (C=O) groups excluding carboxylic acids is 1. The average Bonchev–Trinajstić information content (AvgIpc) is 3.28. The van der Waals surface area contributed by atoms with E-state index >= 15 is 0 Å². The number of anilines is 2. The van der Waals surface area contributed by atoms with Crippen LogP contribution in [0.1, 0.15) is 53.6 Å². The summed E-state index contributed by atoms with van der Waals surface area (Å²) < 4.78 is 75.4. The molecular weight excluding hydrogens is 574 g/mol.